The molecule has 0 unspecified atom stereocenters. The molecule has 0 aromatic heterocycles. The summed E-state index contributed by atoms with van der Waals surface area (Å²) in [6.07, 6.45) is 1.62. The Labute approximate surface area is 95.7 Å². The van der Waals surface area contributed by atoms with E-state index in [-0.39, 0.29) is 12.4 Å². The molecule has 0 saturated carbocycles. The number of carbonyl (C=O) groups is 1. The summed E-state index contributed by atoms with van der Waals surface area (Å²) in [5, 5.41) is 0. The molecular weight excluding hydrogens is 204 g/mol. The summed E-state index contributed by atoms with van der Waals surface area (Å²) in [7, 11) is 0. The number of rotatable bonds is 7. The molecule has 0 saturated heterocycles. The Morgan fingerprint density at radius 1 is 1.38 bits per heavy atom. The highest BCUT2D eigenvalue weighted by Gasteiger charge is 2.05. The van der Waals surface area contributed by atoms with Crippen molar-refractivity contribution in [3.05, 3.63) is 42.5 Å². The van der Waals surface area contributed by atoms with Crippen molar-refractivity contribution in [1.82, 2.24) is 0 Å². The predicted molar refractivity (Wildman–Crippen MR) is 63.0 cm³/mol. The van der Waals surface area contributed by atoms with E-state index in [0.717, 1.165) is 5.75 Å². The Bertz CT molecular complexity index is 341. The molecule has 1 aromatic rings. The van der Waals surface area contributed by atoms with Crippen LogP contribution in [0.15, 0.2) is 36.9 Å². The van der Waals surface area contributed by atoms with Crippen LogP contribution in [0.1, 0.15) is 17.3 Å². The first-order chi connectivity index (χ1) is 7.77. The molecule has 0 aliphatic carbocycles. The van der Waals surface area contributed by atoms with Crippen molar-refractivity contribution in [2.45, 2.75) is 6.92 Å². The molecule has 0 aliphatic heterocycles. The molecule has 0 radical (unpaired) electrons. The molecule has 3 heteroatoms. The number of Topliss-reactive ketones (excluding diaryl/α,β-unsaturated/α-hetero) is 1. The average molecular weight is 220 g/mol. The lowest BCUT2D eigenvalue weighted by Crippen LogP contribution is -2.08. The molecule has 0 heterocycles. The summed E-state index contributed by atoms with van der Waals surface area (Å²) >= 11 is 0. The monoisotopic (exact) mass is 220 g/mol. The van der Waals surface area contributed by atoms with Crippen molar-refractivity contribution < 1.29 is 14.3 Å². The quantitative estimate of drug-likeness (QED) is 0.402. The fourth-order valence-corrected chi connectivity index (χ4v) is 1.22. The van der Waals surface area contributed by atoms with Gasteiger partial charge in [-0.15, -0.1) is 6.58 Å². The zero-order valence-corrected chi connectivity index (χ0v) is 9.44. The van der Waals surface area contributed by atoms with E-state index in [1.807, 2.05) is 6.92 Å². The van der Waals surface area contributed by atoms with Crippen molar-refractivity contribution in [3.8, 4) is 5.75 Å². The van der Waals surface area contributed by atoms with Gasteiger partial charge < -0.3 is 9.47 Å². The van der Waals surface area contributed by atoms with E-state index >= 15 is 0 Å². The van der Waals surface area contributed by atoms with Gasteiger partial charge in [0.15, 0.2) is 5.78 Å². The number of ether oxygens (including phenoxy) is 2. The minimum atomic E-state index is -0.0371. The molecule has 0 aliphatic rings. The van der Waals surface area contributed by atoms with E-state index in [4.69, 9.17) is 9.47 Å². The lowest BCUT2D eigenvalue weighted by Gasteiger charge is -2.04. The number of benzene rings is 1. The van der Waals surface area contributed by atoms with Crippen molar-refractivity contribution in [2.24, 2.45) is 0 Å². The van der Waals surface area contributed by atoms with E-state index in [0.29, 0.717) is 18.8 Å². The molecule has 3 nitrogen and oxygen atoms in total. The molecule has 1 aromatic carbocycles. The van der Waals surface area contributed by atoms with Crippen LogP contribution in [0.5, 0.6) is 5.75 Å². The third-order valence-corrected chi connectivity index (χ3v) is 1.96. The first-order valence-corrected chi connectivity index (χ1v) is 5.22. The lowest BCUT2D eigenvalue weighted by atomic mass is 10.1. The van der Waals surface area contributed by atoms with Crippen LogP contribution in [0.25, 0.3) is 0 Å². The minimum absolute atomic E-state index is 0.0371. The number of carbonyl (C=O) groups excluding carboxylic acids is 1. The zero-order valence-electron chi connectivity index (χ0n) is 9.44. The number of ketones is 1. The SMILES string of the molecule is C=CCOCC(=O)c1ccc(OCC)cc1. The molecule has 16 heavy (non-hydrogen) atoms. The summed E-state index contributed by atoms with van der Waals surface area (Å²) in [5.74, 6) is 0.732. The lowest BCUT2D eigenvalue weighted by molar-refractivity contribution is 0.0806. The van der Waals surface area contributed by atoms with Crippen LogP contribution < -0.4 is 4.74 Å². The molecule has 0 spiro atoms. The van der Waals surface area contributed by atoms with Gasteiger partial charge in [0.25, 0.3) is 0 Å². The predicted octanol–water partition coefficient (Wildman–Crippen LogP) is 2.47. The van der Waals surface area contributed by atoms with E-state index in [9.17, 15) is 4.79 Å². The highest BCUT2D eigenvalue weighted by Crippen LogP contribution is 2.12. The molecule has 0 N–H and O–H groups in total. The van der Waals surface area contributed by atoms with Gasteiger partial charge in [0.05, 0.1) is 13.2 Å². The summed E-state index contributed by atoms with van der Waals surface area (Å²) in [6, 6.07) is 7.05. The molecular formula is C13H16O3. The Morgan fingerprint density at radius 3 is 2.62 bits per heavy atom. The maximum atomic E-state index is 11.6. The van der Waals surface area contributed by atoms with Crippen molar-refractivity contribution in [3.63, 3.8) is 0 Å². The Balaban J connectivity index is 2.52. The van der Waals surface area contributed by atoms with Crippen molar-refractivity contribution in [2.75, 3.05) is 19.8 Å². The van der Waals surface area contributed by atoms with Crippen LogP contribution in [-0.4, -0.2) is 25.6 Å². The fourth-order valence-electron chi connectivity index (χ4n) is 1.22. The Kier molecular flexibility index (Phi) is 5.29. The molecule has 0 amide bonds. The summed E-state index contributed by atoms with van der Waals surface area (Å²) < 4.78 is 10.4. The van der Waals surface area contributed by atoms with Gasteiger partial charge in [-0.2, -0.15) is 0 Å². The van der Waals surface area contributed by atoms with Crippen LogP contribution in [0, 0.1) is 0 Å². The molecule has 0 bridgehead atoms. The van der Waals surface area contributed by atoms with E-state index < -0.39 is 0 Å². The normalized spacial score (nSPS) is 9.81. The van der Waals surface area contributed by atoms with Crippen molar-refractivity contribution in [1.29, 1.82) is 0 Å². The maximum Gasteiger partial charge on any atom is 0.188 e. The number of hydrogen-bond acceptors (Lipinski definition) is 3. The van der Waals surface area contributed by atoms with E-state index in [1.54, 1.807) is 30.3 Å². The second kappa shape index (κ2) is 6.80. The van der Waals surface area contributed by atoms with Gasteiger partial charge in [0.1, 0.15) is 12.4 Å². The van der Waals surface area contributed by atoms with Crippen LogP contribution in [-0.2, 0) is 4.74 Å². The highest BCUT2D eigenvalue weighted by atomic mass is 16.5. The standard InChI is InChI=1S/C13H16O3/c1-3-9-15-10-13(14)11-5-7-12(8-6-11)16-4-2/h3,5-8H,1,4,9-10H2,2H3. The van der Waals surface area contributed by atoms with Crippen LogP contribution >= 0.6 is 0 Å². The van der Waals surface area contributed by atoms with Gasteiger partial charge in [-0.25, -0.2) is 0 Å². The van der Waals surface area contributed by atoms with Gasteiger partial charge in [-0.05, 0) is 31.2 Å². The van der Waals surface area contributed by atoms with Crippen LogP contribution in [0.2, 0.25) is 0 Å². The third-order valence-electron chi connectivity index (χ3n) is 1.96. The summed E-state index contributed by atoms with van der Waals surface area (Å²) in [6.45, 7) is 6.52. The van der Waals surface area contributed by atoms with E-state index in [1.165, 1.54) is 0 Å². The third kappa shape index (κ3) is 3.87. The summed E-state index contributed by atoms with van der Waals surface area (Å²) in [4.78, 5) is 11.6. The van der Waals surface area contributed by atoms with Gasteiger partial charge >= 0.3 is 0 Å². The largest absolute Gasteiger partial charge is 0.494 e. The first-order valence-electron chi connectivity index (χ1n) is 5.22. The number of hydrogen-bond donors (Lipinski definition) is 0. The smallest absolute Gasteiger partial charge is 0.188 e. The average Bonchev–Trinajstić information content (AvgIpc) is 2.30. The second-order valence-electron chi connectivity index (χ2n) is 3.18. The summed E-state index contributed by atoms with van der Waals surface area (Å²) in [5.41, 5.74) is 0.632. The maximum absolute atomic E-state index is 11.6. The van der Waals surface area contributed by atoms with E-state index in [2.05, 4.69) is 6.58 Å². The minimum Gasteiger partial charge on any atom is -0.494 e. The molecule has 0 fully saturated rings. The van der Waals surface area contributed by atoms with Gasteiger partial charge in [0, 0.05) is 5.56 Å². The van der Waals surface area contributed by atoms with Gasteiger partial charge in [0.2, 0.25) is 0 Å². The molecule has 0 atom stereocenters. The van der Waals surface area contributed by atoms with Crippen LogP contribution in [0.3, 0.4) is 0 Å². The molecule has 1 rings (SSSR count). The van der Waals surface area contributed by atoms with Crippen LogP contribution in [0.4, 0.5) is 0 Å². The topological polar surface area (TPSA) is 35.5 Å². The first kappa shape index (κ1) is 12.5. The Morgan fingerprint density at radius 2 is 2.06 bits per heavy atom. The fraction of sp³-hybridized carbons (Fsp3) is 0.308. The second-order valence-corrected chi connectivity index (χ2v) is 3.18. The highest BCUT2D eigenvalue weighted by molar-refractivity contribution is 5.97. The Hall–Kier alpha value is -1.61. The van der Waals surface area contributed by atoms with Gasteiger partial charge in [-0.3, -0.25) is 4.79 Å². The van der Waals surface area contributed by atoms with Gasteiger partial charge in [-0.1, -0.05) is 6.08 Å². The van der Waals surface area contributed by atoms with Crippen molar-refractivity contribution >= 4 is 5.78 Å². The molecule has 86 valence electrons. The zero-order chi connectivity index (χ0) is 11.8.